The van der Waals surface area contributed by atoms with Crippen molar-refractivity contribution in [3.05, 3.63) is 29.0 Å². The molecule has 1 fully saturated rings. The van der Waals surface area contributed by atoms with Gasteiger partial charge in [0.2, 0.25) is 0 Å². The number of likely N-dealkylation sites (tertiary alicyclic amines) is 1. The Morgan fingerprint density at radius 1 is 1.50 bits per heavy atom. The van der Waals surface area contributed by atoms with Gasteiger partial charge in [0.05, 0.1) is 0 Å². The lowest BCUT2D eigenvalue weighted by Gasteiger charge is -2.25. The van der Waals surface area contributed by atoms with Crippen molar-refractivity contribution in [2.24, 2.45) is 0 Å². The molecule has 22 heavy (non-hydrogen) atoms. The monoisotopic (exact) mass is 325 g/mol. The fraction of sp³-hybridized carbons (Fsp3) is 0.625. The van der Waals surface area contributed by atoms with Gasteiger partial charge in [0.15, 0.2) is 0 Å². The highest BCUT2D eigenvalue weighted by atomic mass is 35.5. The molecule has 2 rings (SSSR count). The molecule has 1 aliphatic heterocycles. The van der Waals surface area contributed by atoms with Crippen molar-refractivity contribution in [3.8, 4) is 0 Å². The van der Waals surface area contributed by atoms with Gasteiger partial charge in [-0.2, -0.15) is 0 Å². The molecule has 1 saturated heterocycles. The second kappa shape index (κ2) is 7.29. The summed E-state index contributed by atoms with van der Waals surface area (Å²) in [6, 6.07) is 4.13. The Hall–Kier alpha value is -1.33. The average Bonchev–Trinajstić information content (AvgIpc) is 2.84. The molecule has 1 aromatic heterocycles. The molecule has 1 atom stereocenters. The molecule has 0 unspecified atom stereocenters. The van der Waals surface area contributed by atoms with Crippen LogP contribution in [0.15, 0.2) is 18.3 Å². The summed E-state index contributed by atoms with van der Waals surface area (Å²) in [4.78, 5) is 18.2. The van der Waals surface area contributed by atoms with Crippen LogP contribution in [0.25, 0.3) is 0 Å². The summed E-state index contributed by atoms with van der Waals surface area (Å²) in [6.07, 6.45) is 3.67. The van der Waals surface area contributed by atoms with E-state index < -0.39 is 5.60 Å². The third-order valence-electron chi connectivity index (χ3n) is 3.55. The summed E-state index contributed by atoms with van der Waals surface area (Å²) in [5.41, 5.74) is 0.669. The Labute approximate surface area is 137 Å². The average molecular weight is 326 g/mol. The van der Waals surface area contributed by atoms with E-state index in [1.807, 2.05) is 26.8 Å². The first-order valence-corrected chi connectivity index (χ1v) is 8.02. The number of halogens is 1. The zero-order valence-electron chi connectivity index (χ0n) is 13.4. The molecule has 0 saturated carbocycles. The van der Waals surface area contributed by atoms with E-state index in [4.69, 9.17) is 16.3 Å². The van der Waals surface area contributed by atoms with Crippen LogP contribution < -0.4 is 5.32 Å². The predicted octanol–water partition coefficient (Wildman–Crippen LogP) is 3.22. The van der Waals surface area contributed by atoms with E-state index in [0.29, 0.717) is 17.7 Å². The van der Waals surface area contributed by atoms with E-state index in [0.717, 1.165) is 31.5 Å². The largest absolute Gasteiger partial charge is 0.444 e. The molecule has 0 aromatic carbocycles. The number of carbonyl (C=O) groups excluding carboxylic acids is 1. The van der Waals surface area contributed by atoms with Crippen LogP contribution in [0.5, 0.6) is 0 Å². The number of amides is 1. The van der Waals surface area contributed by atoms with Crippen molar-refractivity contribution in [3.63, 3.8) is 0 Å². The zero-order chi connectivity index (χ0) is 16.2. The normalized spacial score (nSPS) is 19.2. The zero-order valence-corrected chi connectivity index (χ0v) is 14.2. The van der Waals surface area contributed by atoms with E-state index in [1.54, 1.807) is 12.3 Å². The summed E-state index contributed by atoms with van der Waals surface area (Å²) in [6.45, 7) is 8.05. The van der Waals surface area contributed by atoms with E-state index in [9.17, 15) is 4.79 Å². The first kappa shape index (κ1) is 17.0. The molecule has 122 valence electrons. The summed E-state index contributed by atoms with van der Waals surface area (Å²) >= 11 is 5.81. The van der Waals surface area contributed by atoms with Gasteiger partial charge in [-0.3, -0.25) is 4.90 Å². The molecule has 5 nitrogen and oxygen atoms in total. The number of hydrogen-bond acceptors (Lipinski definition) is 4. The highest BCUT2D eigenvalue weighted by Gasteiger charge is 2.25. The number of ether oxygens (including phenoxy) is 1. The molecule has 0 aliphatic carbocycles. The standard InChI is InChI=1S/C16H24ClN3O2/c1-16(2,3)22-15(21)19-10-13-5-4-8-20(13)11-12-6-7-14(17)18-9-12/h6-7,9,13H,4-5,8,10-11H2,1-3H3,(H,19,21)/t13-/m1/s1. The summed E-state index contributed by atoms with van der Waals surface area (Å²) in [7, 11) is 0. The van der Waals surface area contributed by atoms with Crippen LogP contribution in [0.4, 0.5) is 4.79 Å². The molecule has 6 heteroatoms. The fourth-order valence-corrected chi connectivity index (χ4v) is 2.70. The van der Waals surface area contributed by atoms with E-state index in [-0.39, 0.29) is 6.09 Å². The second-order valence-electron chi connectivity index (χ2n) is 6.64. The Morgan fingerprint density at radius 3 is 2.91 bits per heavy atom. The van der Waals surface area contributed by atoms with E-state index in [2.05, 4.69) is 15.2 Å². The molecule has 0 spiro atoms. The van der Waals surface area contributed by atoms with Crippen molar-refractivity contribution in [1.29, 1.82) is 0 Å². The van der Waals surface area contributed by atoms with Gasteiger partial charge >= 0.3 is 6.09 Å². The Morgan fingerprint density at radius 2 is 2.27 bits per heavy atom. The van der Waals surface area contributed by atoms with Crippen LogP contribution >= 0.6 is 11.6 Å². The fourth-order valence-electron chi connectivity index (χ4n) is 2.58. The van der Waals surface area contributed by atoms with Crippen LogP contribution in [0.1, 0.15) is 39.2 Å². The molecule has 0 radical (unpaired) electrons. The lowest BCUT2D eigenvalue weighted by Crippen LogP contribution is -2.41. The van der Waals surface area contributed by atoms with Crippen molar-refractivity contribution in [1.82, 2.24) is 15.2 Å². The maximum atomic E-state index is 11.7. The lowest BCUT2D eigenvalue weighted by atomic mass is 10.2. The molecule has 2 heterocycles. The van der Waals surface area contributed by atoms with Crippen LogP contribution in [0.3, 0.4) is 0 Å². The van der Waals surface area contributed by atoms with E-state index >= 15 is 0 Å². The first-order chi connectivity index (χ1) is 10.3. The second-order valence-corrected chi connectivity index (χ2v) is 7.03. The third kappa shape index (κ3) is 5.46. The Kier molecular flexibility index (Phi) is 5.64. The van der Waals surface area contributed by atoms with Crippen molar-refractivity contribution in [2.75, 3.05) is 13.1 Å². The number of hydrogen-bond donors (Lipinski definition) is 1. The predicted molar refractivity (Wildman–Crippen MR) is 86.9 cm³/mol. The number of pyridine rings is 1. The number of alkyl carbamates (subject to hydrolysis) is 1. The SMILES string of the molecule is CC(C)(C)OC(=O)NC[C@H]1CCCN1Cc1ccc(Cl)nc1. The topological polar surface area (TPSA) is 54.5 Å². The number of carbonyl (C=O) groups is 1. The maximum Gasteiger partial charge on any atom is 0.407 e. The quantitative estimate of drug-likeness (QED) is 0.864. The van der Waals surface area contributed by atoms with Gasteiger partial charge in [-0.1, -0.05) is 17.7 Å². The molecular formula is C16H24ClN3O2. The van der Waals surface area contributed by atoms with Crippen LogP contribution in [0, 0.1) is 0 Å². The van der Waals surface area contributed by atoms with Crippen molar-refractivity contribution >= 4 is 17.7 Å². The first-order valence-electron chi connectivity index (χ1n) is 7.65. The molecule has 1 N–H and O–H groups in total. The van der Waals surface area contributed by atoms with Gasteiger partial charge in [0.1, 0.15) is 10.8 Å². The minimum Gasteiger partial charge on any atom is -0.444 e. The van der Waals surface area contributed by atoms with Gasteiger partial charge in [-0.25, -0.2) is 9.78 Å². The van der Waals surface area contributed by atoms with Crippen LogP contribution in [-0.2, 0) is 11.3 Å². The molecule has 1 aromatic rings. The molecule has 1 aliphatic rings. The number of aromatic nitrogens is 1. The number of rotatable bonds is 4. The Balaban J connectivity index is 1.83. The minimum atomic E-state index is -0.464. The van der Waals surface area contributed by atoms with Gasteiger partial charge in [-0.05, 0) is 51.8 Å². The number of nitrogens with one attached hydrogen (secondary N) is 1. The molecular weight excluding hydrogens is 302 g/mol. The third-order valence-corrected chi connectivity index (χ3v) is 3.78. The van der Waals surface area contributed by atoms with Crippen LogP contribution in [-0.4, -0.2) is 40.7 Å². The molecule has 1 amide bonds. The smallest absolute Gasteiger partial charge is 0.407 e. The lowest BCUT2D eigenvalue weighted by molar-refractivity contribution is 0.0512. The highest BCUT2D eigenvalue weighted by Crippen LogP contribution is 2.20. The van der Waals surface area contributed by atoms with Crippen LogP contribution in [0.2, 0.25) is 5.15 Å². The summed E-state index contributed by atoms with van der Waals surface area (Å²) < 4.78 is 5.27. The number of nitrogens with zero attached hydrogens (tertiary/aromatic N) is 2. The van der Waals surface area contributed by atoms with Gasteiger partial charge < -0.3 is 10.1 Å². The van der Waals surface area contributed by atoms with Gasteiger partial charge in [0.25, 0.3) is 0 Å². The van der Waals surface area contributed by atoms with Crippen molar-refractivity contribution < 1.29 is 9.53 Å². The minimum absolute atomic E-state index is 0.336. The van der Waals surface area contributed by atoms with Gasteiger partial charge in [-0.15, -0.1) is 0 Å². The highest BCUT2D eigenvalue weighted by molar-refractivity contribution is 6.29. The summed E-state index contributed by atoms with van der Waals surface area (Å²) in [5.74, 6) is 0. The molecule has 0 bridgehead atoms. The summed E-state index contributed by atoms with van der Waals surface area (Å²) in [5, 5.41) is 3.37. The van der Waals surface area contributed by atoms with Gasteiger partial charge in [0, 0.05) is 25.3 Å². The maximum absolute atomic E-state index is 11.7. The Bertz CT molecular complexity index is 499. The van der Waals surface area contributed by atoms with Crippen molar-refractivity contribution in [2.45, 2.75) is 51.8 Å². The van der Waals surface area contributed by atoms with E-state index in [1.165, 1.54) is 0 Å².